The molecular formula is C20H33NO3. The van der Waals surface area contributed by atoms with Gasteiger partial charge in [-0.25, -0.2) is 0 Å². The molecule has 0 bridgehead atoms. The molecule has 0 aliphatic carbocycles. The van der Waals surface area contributed by atoms with E-state index in [0.29, 0.717) is 17.9 Å². The monoisotopic (exact) mass is 335 g/mol. The van der Waals surface area contributed by atoms with Crippen LogP contribution in [0.3, 0.4) is 0 Å². The van der Waals surface area contributed by atoms with Crippen molar-refractivity contribution < 1.29 is 14.6 Å². The average Bonchev–Trinajstić information content (AvgIpc) is 2.53. The van der Waals surface area contributed by atoms with Gasteiger partial charge in [-0.1, -0.05) is 21.3 Å². The second-order valence-electron chi connectivity index (χ2n) is 7.36. The van der Waals surface area contributed by atoms with E-state index in [4.69, 9.17) is 9.47 Å². The number of aliphatic hydroxyl groups excluding tert-OH is 1. The summed E-state index contributed by atoms with van der Waals surface area (Å²) in [6.45, 7) is 6.54. The Bertz CT molecular complexity index is 558. The van der Waals surface area contributed by atoms with Crippen LogP contribution >= 0.6 is 0 Å². The zero-order valence-electron chi connectivity index (χ0n) is 14.7. The van der Waals surface area contributed by atoms with Crippen LogP contribution in [0.5, 0.6) is 11.5 Å². The molecule has 2 heterocycles. The molecule has 2 aliphatic rings. The summed E-state index contributed by atoms with van der Waals surface area (Å²) < 4.78 is 10.9. The smallest absolute Gasteiger partial charge is 0.161 e. The van der Waals surface area contributed by atoms with E-state index in [-0.39, 0.29) is 13.5 Å². The van der Waals surface area contributed by atoms with Gasteiger partial charge in [-0.15, -0.1) is 0 Å². The number of fused-ring (bicyclic) bond motifs is 3. The zero-order valence-corrected chi connectivity index (χ0v) is 14.7. The summed E-state index contributed by atoms with van der Waals surface area (Å²) in [7, 11) is 3.36. The molecule has 0 spiro atoms. The predicted octanol–water partition coefficient (Wildman–Crippen LogP) is 3.67. The maximum Gasteiger partial charge on any atom is 0.161 e. The molecule has 4 nitrogen and oxygen atoms in total. The van der Waals surface area contributed by atoms with E-state index < -0.39 is 0 Å². The summed E-state index contributed by atoms with van der Waals surface area (Å²) in [5.74, 6) is 2.61. The van der Waals surface area contributed by atoms with Gasteiger partial charge >= 0.3 is 0 Å². The van der Waals surface area contributed by atoms with Crippen LogP contribution in [0.4, 0.5) is 0 Å². The minimum Gasteiger partial charge on any atom is -0.493 e. The summed E-state index contributed by atoms with van der Waals surface area (Å²) in [6, 6.07) is 4.52. The fourth-order valence-corrected chi connectivity index (χ4v) is 4.26. The number of hydrogen-bond acceptors (Lipinski definition) is 4. The van der Waals surface area contributed by atoms with Gasteiger partial charge in [0.25, 0.3) is 0 Å². The molecule has 24 heavy (non-hydrogen) atoms. The molecule has 0 aromatic heterocycles. The van der Waals surface area contributed by atoms with Gasteiger partial charge in [-0.2, -0.15) is 0 Å². The van der Waals surface area contributed by atoms with E-state index in [1.807, 2.05) is 0 Å². The van der Waals surface area contributed by atoms with Gasteiger partial charge in [0.05, 0.1) is 20.3 Å². The Hall–Kier alpha value is -1.26. The maximum atomic E-state index is 10.6. The lowest BCUT2D eigenvalue weighted by Crippen LogP contribution is -2.48. The lowest BCUT2D eigenvalue weighted by atomic mass is 9.79. The molecule has 136 valence electrons. The SMILES string of the molecule is C.COc1cc2c(cc1OC)[C@H]1C[C@H](O)[C@@H](CC(C)C)CN1CC2. The summed E-state index contributed by atoms with van der Waals surface area (Å²) in [5, 5.41) is 10.6. The van der Waals surface area contributed by atoms with Gasteiger partial charge < -0.3 is 14.6 Å². The molecule has 4 heteroatoms. The first-order valence-corrected chi connectivity index (χ1v) is 8.70. The van der Waals surface area contributed by atoms with Gasteiger partial charge in [0, 0.05) is 19.1 Å². The van der Waals surface area contributed by atoms with Crippen LogP contribution in [-0.4, -0.2) is 43.4 Å². The normalized spacial score (nSPS) is 26.3. The molecule has 0 saturated carbocycles. The summed E-state index contributed by atoms with van der Waals surface area (Å²) in [6.07, 6.45) is 2.75. The van der Waals surface area contributed by atoms with Crippen molar-refractivity contribution in [2.45, 2.75) is 52.7 Å². The van der Waals surface area contributed by atoms with E-state index in [1.165, 1.54) is 11.1 Å². The molecule has 0 unspecified atom stereocenters. The Labute approximate surface area is 146 Å². The number of hydrogen-bond donors (Lipinski definition) is 1. The van der Waals surface area contributed by atoms with Gasteiger partial charge in [0.15, 0.2) is 11.5 Å². The molecular weight excluding hydrogens is 302 g/mol. The summed E-state index contributed by atoms with van der Waals surface area (Å²) in [5.41, 5.74) is 2.63. The Morgan fingerprint density at radius 3 is 2.50 bits per heavy atom. The van der Waals surface area contributed by atoms with Crippen LogP contribution in [0.2, 0.25) is 0 Å². The van der Waals surface area contributed by atoms with E-state index in [2.05, 4.69) is 30.9 Å². The third-order valence-electron chi connectivity index (χ3n) is 5.37. The quantitative estimate of drug-likeness (QED) is 0.912. The molecule has 1 fully saturated rings. The van der Waals surface area contributed by atoms with Crippen molar-refractivity contribution in [3.8, 4) is 11.5 Å². The molecule has 0 radical (unpaired) electrons. The first-order valence-electron chi connectivity index (χ1n) is 8.70. The Kier molecular flexibility index (Phi) is 6.16. The first kappa shape index (κ1) is 19.1. The lowest BCUT2D eigenvalue weighted by molar-refractivity contribution is -0.0191. The number of methoxy groups -OCH3 is 2. The number of rotatable bonds is 4. The highest BCUT2D eigenvalue weighted by Gasteiger charge is 2.38. The Balaban J connectivity index is 0.00000208. The third-order valence-corrected chi connectivity index (χ3v) is 5.37. The van der Waals surface area contributed by atoms with Crippen molar-refractivity contribution in [1.29, 1.82) is 0 Å². The van der Waals surface area contributed by atoms with Gasteiger partial charge in [-0.05, 0) is 54.4 Å². The minimum absolute atomic E-state index is 0. The fraction of sp³-hybridized carbons (Fsp3) is 0.700. The molecule has 2 aliphatic heterocycles. The van der Waals surface area contributed by atoms with Crippen molar-refractivity contribution in [3.63, 3.8) is 0 Å². The van der Waals surface area contributed by atoms with Crippen molar-refractivity contribution in [2.24, 2.45) is 11.8 Å². The van der Waals surface area contributed by atoms with E-state index >= 15 is 0 Å². The molecule has 0 amide bonds. The number of aliphatic hydroxyl groups is 1. The standard InChI is InChI=1S/C19H29NO3.CH4/c1-12(2)7-14-11-20-6-5-13-8-18(22-3)19(23-4)9-15(13)16(20)10-17(14)21;/h8-9,12,14,16-17,21H,5-7,10-11H2,1-4H3;1H4/t14-,16+,17-;/m0./s1. The number of benzene rings is 1. The molecule has 1 aromatic rings. The second-order valence-corrected chi connectivity index (χ2v) is 7.36. The minimum atomic E-state index is -0.210. The van der Waals surface area contributed by atoms with Crippen LogP contribution in [0.25, 0.3) is 0 Å². The summed E-state index contributed by atoms with van der Waals surface area (Å²) >= 11 is 0. The van der Waals surface area contributed by atoms with Crippen LogP contribution in [0.1, 0.15) is 51.3 Å². The van der Waals surface area contributed by atoms with Crippen molar-refractivity contribution in [2.75, 3.05) is 27.3 Å². The van der Waals surface area contributed by atoms with E-state index in [0.717, 1.165) is 43.9 Å². The van der Waals surface area contributed by atoms with E-state index in [9.17, 15) is 5.11 Å². The zero-order chi connectivity index (χ0) is 16.6. The van der Waals surface area contributed by atoms with Gasteiger partial charge in [0.1, 0.15) is 0 Å². The van der Waals surface area contributed by atoms with Crippen molar-refractivity contribution >= 4 is 0 Å². The largest absolute Gasteiger partial charge is 0.493 e. The second kappa shape index (κ2) is 7.75. The van der Waals surface area contributed by atoms with Crippen LogP contribution < -0.4 is 9.47 Å². The van der Waals surface area contributed by atoms with Gasteiger partial charge in [0.2, 0.25) is 0 Å². The lowest BCUT2D eigenvalue weighted by Gasteiger charge is -2.46. The van der Waals surface area contributed by atoms with E-state index in [1.54, 1.807) is 14.2 Å². The predicted molar refractivity (Wildman–Crippen MR) is 97.9 cm³/mol. The van der Waals surface area contributed by atoms with Crippen molar-refractivity contribution in [1.82, 2.24) is 4.90 Å². The van der Waals surface area contributed by atoms with Crippen LogP contribution in [0.15, 0.2) is 12.1 Å². The molecule has 1 saturated heterocycles. The Morgan fingerprint density at radius 1 is 1.21 bits per heavy atom. The third kappa shape index (κ3) is 3.55. The number of ether oxygens (including phenoxy) is 2. The average molecular weight is 335 g/mol. The fourth-order valence-electron chi connectivity index (χ4n) is 4.26. The van der Waals surface area contributed by atoms with Crippen LogP contribution in [-0.2, 0) is 6.42 Å². The molecule has 1 aromatic carbocycles. The molecule has 1 N–H and O–H groups in total. The first-order chi connectivity index (χ1) is 11.0. The topological polar surface area (TPSA) is 41.9 Å². The van der Waals surface area contributed by atoms with Crippen LogP contribution in [0, 0.1) is 11.8 Å². The highest BCUT2D eigenvalue weighted by atomic mass is 16.5. The van der Waals surface area contributed by atoms with Gasteiger partial charge in [-0.3, -0.25) is 4.90 Å². The Morgan fingerprint density at radius 2 is 1.88 bits per heavy atom. The highest BCUT2D eigenvalue weighted by molar-refractivity contribution is 5.49. The maximum absolute atomic E-state index is 10.6. The number of piperidine rings is 1. The number of nitrogens with zero attached hydrogens (tertiary/aromatic N) is 1. The molecule has 3 rings (SSSR count). The molecule has 3 atom stereocenters. The van der Waals surface area contributed by atoms with Crippen molar-refractivity contribution in [3.05, 3.63) is 23.3 Å². The highest BCUT2D eigenvalue weighted by Crippen LogP contribution is 2.43. The summed E-state index contributed by atoms with van der Waals surface area (Å²) in [4.78, 5) is 2.55.